The maximum Gasteiger partial charge on any atom is 0.240 e. The SMILES string of the molecule is CC(Cl)C(=O)N(CCCN(C)C)CCCN(C)C. The summed E-state index contributed by atoms with van der Waals surface area (Å²) in [5, 5.41) is -0.427. The number of carbonyl (C=O) groups is 1. The molecule has 0 aliphatic carbocycles. The number of nitrogens with zero attached hydrogens (tertiary/aromatic N) is 3. The van der Waals surface area contributed by atoms with Crippen LogP contribution in [0.3, 0.4) is 0 Å². The zero-order valence-corrected chi connectivity index (χ0v) is 13.2. The molecule has 0 aliphatic heterocycles. The van der Waals surface area contributed by atoms with E-state index >= 15 is 0 Å². The molecule has 0 bridgehead atoms. The molecule has 5 heteroatoms. The number of hydrogen-bond acceptors (Lipinski definition) is 3. The number of halogens is 1. The van der Waals surface area contributed by atoms with E-state index < -0.39 is 5.38 Å². The van der Waals surface area contributed by atoms with Crippen molar-refractivity contribution in [1.82, 2.24) is 14.7 Å². The third kappa shape index (κ3) is 8.72. The second-order valence-electron chi connectivity index (χ2n) is 5.25. The second kappa shape index (κ2) is 9.59. The fourth-order valence-corrected chi connectivity index (χ4v) is 1.88. The molecule has 0 aliphatic rings. The van der Waals surface area contributed by atoms with Crippen LogP contribution in [0, 0.1) is 0 Å². The van der Waals surface area contributed by atoms with Gasteiger partial charge in [-0.05, 0) is 61.0 Å². The monoisotopic (exact) mass is 277 g/mol. The van der Waals surface area contributed by atoms with Crippen molar-refractivity contribution < 1.29 is 4.79 Å². The van der Waals surface area contributed by atoms with E-state index in [0.717, 1.165) is 39.0 Å². The minimum absolute atomic E-state index is 0.0502. The van der Waals surface area contributed by atoms with Crippen LogP contribution in [-0.2, 0) is 4.79 Å². The lowest BCUT2D eigenvalue weighted by Gasteiger charge is -2.25. The Morgan fingerprint density at radius 3 is 1.61 bits per heavy atom. The first kappa shape index (κ1) is 17.7. The summed E-state index contributed by atoms with van der Waals surface area (Å²) in [6.07, 6.45) is 1.98. The second-order valence-corrected chi connectivity index (χ2v) is 5.91. The summed E-state index contributed by atoms with van der Waals surface area (Å²) in [4.78, 5) is 18.1. The first-order valence-electron chi connectivity index (χ1n) is 6.57. The number of carbonyl (C=O) groups excluding carboxylic acids is 1. The van der Waals surface area contributed by atoms with Gasteiger partial charge >= 0.3 is 0 Å². The van der Waals surface area contributed by atoms with Crippen LogP contribution < -0.4 is 0 Å². The van der Waals surface area contributed by atoms with Crippen molar-refractivity contribution in [2.45, 2.75) is 25.1 Å². The standard InChI is InChI=1S/C13H28ClN3O/c1-12(14)13(18)17(10-6-8-15(2)3)11-7-9-16(4)5/h12H,6-11H2,1-5H3. The highest BCUT2D eigenvalue weighted by atomic mass is 35.5. The molecule has 108 valence electrons. The Morgan fingerprint density at radius 1 is 0.944 bits per heavy atom. The van der Waals surface area contributed by atoms with Crippen molar-refractivity contribution in [1.29, 1.82) is 0 Å². The molecule has 1 atom stereocenters. The van der Waals surface area contributed by atoms with Crippen LogP contribution in [0.1, 0.15) is 19.8 Å². The molecule has 0 N–H and O–H groups in total. The maximum atomic E-state index is 12.0. The quantitative estimate of drug-likeness (QED) is 0.595. The van der Waals surface area contributed by atoms with Crippen LogP contribution in [0.5, 0.6) is 0 Å². The Bertz CT molecular complexity index is 218. The van der Waals surface area contributed by atoms with E-state index in [0.29, 0.717) is 0 Å². The molecule has 4 nitrogen and oxygen atoms in total. The lowest BCUT2D eigenvalue weighted by atomic mass is 10.3. The molecule has 0 spiro atoms. The molecule has 0 heterocycles. The molecule has 0 rings (SSSR count). The van der Waals surface area contributed by atoms with Gasteiger partial charge in [-0.1, -0.05) is 0 Å². The third-order valence-electron chi connectivity index (χ3n) is 2.72. The molecule has 0 fully saturated rings. The van der Waals surface area contributed by atoms with Crippen molar-refractivity contribution in [2.24, 2.45) is 0 Å². The van der Waals surface area contributed by atoms with Crippen LogP contribution in [0.15, 0.2) is 0 Å². The predicted molar refractivity (Wildman–Crippen MR) is 78.2 cm³/mol. The van der Waals surface area contributed by atoms with Gasteiger partial charge in [-0.25, -0.2) is 0 Å². The van der Waals surface area contributed by atoms with Crippen LogP contribution in [-0.4, -0.2) is 80.4 Å². The summed E-state index contributed by atoms with van der Waals surface area (Å²) in [6, 6.07) is 0. The molecule has 1 unspecified atom stereocenters. The van der Waals surface area contributed by atoms with Crippen molar-refractivity contribution in [3.05, 3.63) is 0 Å². The molecule has 0 radical (unpaired) electrons. The normalized spacial score (nSPS) is 13.1. The van der Waals surface area contributed by atoms with E-state index in [1.807, 2.05) is 33.1 Å². The van der Waals surface area contributed by atoms with Gasteiger partial charge in [-0.15, -0.1) is 11.6 Å². The first-order valence-corrected chi connectivity index (χ1v) is 7.00. The number of hydrogen-bond donors (Lipinski definition) is 0. The smallest absolute Gasteiger partial charge is 0.240 e. The van der Waals surface area contributed by atoms with Gasteiger partial charge in [-0.3, -0.25) is 4.79 Å². The average molecular weight is 278 g/mol. The Morgan fingerprint density at radius 2 is 1.33 bits per heavy atom. The maximum absolute atomic E-state index is 12.0. The Kier molecular flexibility index (Phi) is 9.42. The average Bonchev–Trinajstić information content (AvgIpc) is 2.25. The summed E-state index contributed by atoms with van der Waals surface area (Å²) < 4.78 is 0. The van der Waals surface area contributed by atoms with Gasteiger partial charge in [0.25, 0.3) is 0 Å². The topological polar surface area (TPSA) is 26.8 Å². The van der Waals surface area contributed by atoms with E-state index in [-0.39, 0.29) is 5.91 Å². The summed E-state index contributed by atoms with van der Waals surface area (Å²) in [5.74, 6) is 0.0502. The molecule has 0 aromatic heterocycles. The zero-order chi connectivity index (χ0) is 14.1. The summed E-state index contributed by atoms with van der Waals surface area (Å²) in [6.45, 7) is 5.32. The minimum Gasteiger partial charge on any atom is -0.341 e. The Hall–Kier alpha value is -0.320. The van der Waals surface area contributed by atoms with Gasteiger partial charge in [-0.2, -0.15) is 0 Å². The fraction of sp³-hybridized carbons (Fsp3) is 0.923. The van der Waals surface area contributed by atoms with E-state index in [2.05, 4.69) is 9.80 Å². The molecule has 1 amide bonds. The zero-order valence-electron chi connectivity index (χ0n) is 12.4. The highest BCUT2D eigenvalue weighted by Crippen LogP contribution is 2.04. The minimum atomic E-state index is -0.427. The Labute approximate surface area is 117 Å². The van der Waals surface area contributed by atoms with E-state index in [1.165, 1.54) is 0 Å². The summed E-state index contributed by atoms with van der Waals surface area (Å²) in [7, 11) is 8.18. The molecule has 0 aromatic carbocycles. The van der Waals surface area contributed by atoms with Gasteiger partial charge in [0.2, 0.25) is 5.91 Å². The molecule has 0 aromatic rings. The molecule has 0 saturated heterocycles. The van der Waals surface area contributed by atoms with Crippen LogP contribution >= 0.6 is 11.6 Å². The van der Waals surface area contributed by atoms with Crippen molar-refractivity contribution in [3.63, 3.8) is 0 Å². The van der Waals surface area contributed by atoms with Gasteiger partial charge < -0.3 is 14.7 Å². The third-order valence-corrected chi connectivity index (χ3v) is 2.91. The predicted octanol–water partition coefficient (Wildman–Crippen LogP) is 1.35. The lowest BCUT2D eigenvalue weighted by Crippen LogP contribution is -2.39. The summed E-state index contributed by atoms with van der Waals surface area (Å²) in [5.41, 5.74) is 0. The van der Waals surface area contributed by atoms with E-state index in [1.54, 1.807) is 6.92 Å². The van der Waals surface area contributed by atoms with Crippen molar-refractivity contribution >= 4 is 17.5 Å². The summed E-state index contributed by atoms with van der Waals surface area (Å²) >= 11 is 5.89. The molecular weight excluding hydrogens is 250 g/mol. The van der Waals surface area contributed by atoms with Crippen molar-refractivity contribution in [3.8, 4) is 0 Å². The van der Waals surface area contributed by atoms with Gasteiger partial charge in [0.05, 0.1) is 0 Å². The molecular formula is C13H28ClN3O. The molecule has 18 heavy (non-hydrogen) atoms. The van der Waals surface area contributed by atoms with Gasteiger partial charge in [0.15, 0.2) is 0 Å². The van der Waals surface area contributed by atoms with E-state index in [4.69, 9.17) is 11.6 Å². The number of rotatable bonds is 9. The molecule has 0 saturated carbocycles. The first-order chi connectivity index (χ1) is 8.34. The van der Waals surface area contributed by atoms with Crippen LogP contribution in [0.2, 0.25) is 0 Å². The highest BCUT2D eigenvalue weighted by Gasteiger charge is 2.17. The Balaban J connectivity index is 4.12. The van der Waals surface area contributed by atoms with Gasteiger partial charge in [0.1, 0.15) is 5.38 Å². The fourth-order valence-electron chi connectivity index (χ4n) is 1.74. The number of amides is 1. The van der Waals surface area contributed by atoms with Gasteiger partial charge in [0, 0.05) is 13.1 Å². The van der Waals surface area contributed by atoms with E-state index in [9.17, 15) is 4.79 Å². The van der Waals surface area contributed by atoms with Crippen molar-refractivity contribution in [2.75, 3.05) is 54.4 Å². The number of alkyl halides is 1. The lowest BCUT2D eigenvalue weighted by molar-refractivity contribution is -0.130. The van der Waals surface area contributed by atoms with Crippen LogP contribution in [0.25, 0.3) is 0 Å². The highest BCUT2D eigenvalue weighted by molar-refractivity contribution is 6.30. The van der Waals surface area contributed by atoms with Crippen LogP contribution in [0.4, 0.5) is 0 Å². The largest absolute Gasteiger partial charge is 0.341 e.